The first-order valence-corrected chi connectivity index (χ1v) is 3.35. The smallest absolute Gasteiger partial charge is 0.177 e. The summed E-state index contributed by atoms with van der Waals surface area (Å²) in [6.07, 6.45) is 4.06. The summed E-state index contributed by atoms with van der Waals surface area (Å²) in [4.78, 5) is 0. The third kappa shape index (κ3) is 0.711. The van der Waals surface area contributed by atoms with Gasteiger partial charge in [-0.25, -0.2) is 0 Å². The standard InChI is InChI=1S/C9H8O/c1-2-4-7-5-3-6-8-9(7)10-8/h2-6H,1H3/b4-2+. The number of hydrogen-bond acceptors (Lipinski definition) is 1. The fraction of sp³-hybridized carbons (Fsp3) is 0.111. The Morgan fingerprint density at radius 2 is 2.30 bits per heavy atom. The molecule has 0 unspecified atom stereocenters. The van der Waals surface area contributed by atoms with Crippen LogP contribution in [0.3, 0.4) is 0 Å². The monoisotopic (exact) mass is 132 g/mol. The van der Waals surface area contributed by atoms with Gasteiger partial charge in [-0.15, -0.1) is 0 Å². The molecule has 1 heterocycles. The number of allylic oxidation sites excluding steroid dienone is 1. The van der Waals surface area contributed by atoms with Gasteiger partial charge in [0.15, 0.2) is 11.5 Å². The van der Waals surface area contributed by atoms with Gasteiger partial charge in [-0.05, 0) is 13.0 Å². The van der Waals surface area contributed by atoms with Crippen molar-refractivity contribution in [3.8, 4) is 11.5 Å². The molecule has 10 heavy (non-hydrogen) atoms. The maximum absolute atomic E-state index is 5.17. The van der Waals surface area contributed by atoms with Crippen LogP contribution in [0.5, 0.6) is 11.5 Å². The molecule has 1 nitrogen and oxygen atoms in total. The van der Waals surface area contributed by atoms with Crippen molar-refractivity contribution >= 4 is 6.08 Å². The Bertz CT molecular complexity index is 287. The zero-order chi connectivity index (χ0) is 6.97. The Hall–Kier alpha value is -1.24. The molecule has 1 aliphatic heterocycles. The number of fused-ring (bicyclic) bond motifs is 1. The molecule has 0 saturated carbocycles. The Balaban J connectivity index is 2.46. The Morgan fingerprint density at radius 1 is 1.40 bits per heavy atom. The van der Waals surface area contributed by atoms with Crippen molar-refractivity contribution in [2.45, 2.75) is 6.92 Å². The lowest BCUT2D eigenvalue weighted by Gasteiger charge is -1.82. The highest BCUT2D eigenvalue weighted by Crippen LogP contribution is 2.48. The second-order valence-electron chi connectivity index (χ2n) is 2.28. The minimum atomic E-state index is 1.02. The van der Waals surface area contributed by atoms with E-state index in [0.717, 1.165) is 11.5 Å². The number of benzene rings is 1. The summed E-state index contributed by atoms with van der Waals surface area (Å²) >= 11 is 0. The van der Waals surface area contributed by atoms with E-state index in [9.17, 15) is 0 Å². The molecule has 0 spiro atoms. The van der Waals surface area contributed by atoms with Gasteiger partial charge in [-0.2, -0.15) is 0 Å². The second-order valence-corrected chi connectivity index (χ2v) is 2.28. The van der Waals surface area contributed by atoms with Crippen molar-refractivity contribution in [2.75, 3.05) is 0 Å². The molecule has 0 fully saturated rings. The minimum Gasteiger partial charge on any atom is -0.449 e. The predicted octanol–water partition coefficient (Wildman–Crippen LogP) is 2.83. The number of hydrogen-bond donors (Lipinski definition) is 0. The van der Waals surface area contributed by atoms with Crippen LogP contribution in [-0.2, 0) is 0 Å². The minimum absolute atomic E-state index is 1.02. The van der Waals surface area contributed by atoms with Crippen LogP contribution >= 0.6 is 0 Å². The topological polar surface area (TPSA) is 12.5 Å². The molecule has 0 N–H and O–H groups in total. The molecule has 0 saturated heterocycles. The first-order chi connectivity index (χ1) is 4.92. The normalized spacial score (nSPS) is 12.9. The summed E-state index contributed by atoms with van der Waals surface area (Å²) in [5.41, 5.74) is 1.18. The summed E-state index contributed by atoms with van der Waals surface area (Å²) in [7, 11) is 0. The number of ether oxygens (including phenoxy) is 1. The lowest BCUT2D eigenvalue weighted by atomic mass is 10.2. The van der Waals surface area contributed by atoms with Crippen molar-refractivity contribution in [2.24, 2.45) is 0 Å². The van der Waals surface area contributed by atoms with Crippen molar-refractivity contribution in [3.63, 3.8) is 0 Å². The molecule has 50 valence electrons. The van der Waals surface area contributed by atoms with Crippen LogP contribution in [0.25, 0.3) is 6.08 Å². The van der Waals surface area contributed by atoms with Crippen LogP contribution in [0, 0.1) is 0 Å². The fourth-order valence-electron chi connectivity index (χ4n) is 1.02. The molecule has 0 bridgehead atoms. The van der Waals surface area contributed by atoms with Crippen molar-refractivity contribution in [1.29, 1.82) is 0 Å². The van der Waals surface area contributed by atoms with Gasteiger partial charge >= 0.3 is 0 Å². The van der Waals surface area contributed by atoms with E-state index in [1.165, 1.54) is 5.56 Å². The van der Waals surface area contributed by atoms with E-state index >= 15 is 0 Å². The van der Waals surface area contributed by atoms with E-state index in [-0.39, 0.29) is 0 Å². The Kier molecular flexibility index (Phi) is 1.04. The molecule has 0 aliphatic carbocycles. The van der Waals surface area contributed by atoms with Gasteiger partial charge < -0.3 is 4.74 Å². The second kappa shape index (κ2) is 1.87. The van der Waals surface area contributed by atoms with Gasteiger partial charge in [0.05, 0.1) is 0 Å². The molecule has 0 radical (unpaired) electrons. The number of para-hydroxylation sites is 1. The summed E-state index contributed by atoms with van der Waals surface area (Å²) in [6.45, 7) is 2.00. The molecule has 1 heteroatoms. The van der Waals surface area contributed by atoms with Gasteiger partial charge in [0, 0.05) is 5.56 Å². The average Bonchev–Trinajstić information content (AvgIpc) is 2.67. The van der Waals surface area contributed by atoms with Crippen molar-refractivity contribution in [1.82, 2.24) is 0 Å². The highest BCUT2D eigenvalue weighted by atomic mass is 16.6. The van der Waals surface area contributed by atoms with E-state index in [2.05, 4.69) is 0 Å². The molecule has 2 rings (SSSR count). The van der Waals surface area contributed by atoms with E-state index < -0.39 is 0 Å². The van der Waals surface area contributed by atoms with Crippen molar-refractivity contribution < 1.29 is 4.74 Å². The molecule has 1 aliphatic rings. The summed E-state index contributed by atoms with van der Waals surface area (Å²) in [5, 5.41) is 0. The van der Waals surface area contributed by atoms with Gasteiger partial charge in [-0.3, -0.25) is 0 Å². The van der Waals surface area contributed by atoms with Crippen LogP contribution in [0.4, 0.5) is 0 Å². The largest absolute Gasteiger partial charge is 0.449 e. The van der Waals surface area contributed by atoms with E-state index in [1.807, 2.05) is 37.3 Å². The lowest BCUT2D eigenvalue weighted by Crippen LogP contribution is -1.60. The third-order valence-electron chi connectivity index (χ3n) is 1.53. The molecule has 0 aromatic heterocycles. The van der Waals surface area contributed by atoms with Gasteiger partial charge in [0.2, 0.25) is 0 Å². The fourth-order valence-corrected chi connectivity index (χ4v) is 1.02. The highest BCUT2D eigenvalue weighted by molar-refractivity contribution is 5.69. The predicted molar refractivity (Wildman–Crippen MR) is 41.2 cm³/mol. The SMILES string of the molecule is C/C=C/c1cccc2c1O2. The zero-order valence-corrected chi connectivity index (χ0v) is 5.79. The third-order valence-corrected chi connectivity index (χ3v) is 1.53. The highest BCUT2D eigenvalue weighted by Gasteiger charge is 2.21. The average molecular weight is 132 g/mol. The first kappa shape index (κ1) is 5.54. The number of rotatable bonds is 1. The summed E-state index contributed by atoms with van der Waals surface area (Å²) < 4.78 is 5.17. The van der Waals surface area contributed by atoms with Gasteiger partial charge in [0.1, 0.15) is 0 Å². The van der Waals surface area contributed by atoms with E-state index in [0.29, 0.717) is 0 Å². The summed E-state index contributed by atoms with van der Waals surface area (Å²) in [5.74, 6) is 2.07. The van der Waals surface area contributed by atoms with Crippen LogP contribution in [0.15, 0.2) is 24.3 Å². The Labute approximate surface area is 59.9 Å². The molecule has 1 aromatic carbocycles. The van der Waals surface area contributed by atoms with Gasteiger partial charge in [0.25, 0.3) is 0 Å². The van der Waals surface area contributed by atoms with Crippen molar-refractivity contribution in [3.05, 3.63) is 29.8 Å². The first-order valence-electron chi connectivity index (χ1n) is 3.35. The van der Waals surface area contributed by atoms with Gasteiger partial charge in [-0.1, -0.05) is 24.3 Å². The van der Waals surface area contributed by atoms with Crippen LogP contribution < -0.4 is 4.74 Å². The molecule has 1 aromatic rings. The molecular weight excluding hydrogens is 124 g/mol. The zero-order valence-electron chi connectivity index (χ0n) is 5.79. The lowest BCUT2D eigenvalue weighted by molar-refractivity contribution is 0.649. The maximum Gasteiger partial charge on any atom is 0.177 e. The quantitative estimate of drug-likeness (QED) is 0.543. The van der Waals surface area contributed by atoms with E-state index in [4.69, 9.17) is 4.74 Å². The van der Waals surface area contributed by atoms with Crippen LogP contribution in [0.2, 0.25) is 0 Å². The molecule has 0 atom stereocenters. The molecule has 0 amide bonds. The molecular formula is C9H8O. The van der Waals surface area contributed by atoms with Crippen LogP contribution in [0.1, 0.15) is 12.5 Å². The van der Waals surface area contributed by atoms with E-state index in [1.54, 1.807) is 0 Å². The van der Waals surface area contributed by atoms with Crippen LogP contribution in [-0.4, -0.2) is 0 Å². The Morgan fingerprint density at radius 3 is 3.10 bits per heavy atom. The maximum atomic E-state index is 5.17. The summed E-state index contributed by atoms with van der Waals surface area (Å²) in [6, 6.07) is 6.02.